The van der Waals surface area contributed by atoms with Gasteiger partial charge < -0.3 is 0 Å². The SMILES string of the molecule is Cc1[c]n2nc(C(F)(F)F)nc2nc1C. The molecular formula is C8H6F3N4. The Hall–Kier alpha value is -1.66. The maximum Gasteiger partial charge on any atom is 0.453 e. The first-order valence-electron chi connectivity index (χ1n) is 4.08. The predicted octanol–water partition coefficient (Wildman–Crippen LogP) is 1.56. The van der Waals surface area contributed by atoms with Gasteiger partial charge in [0, 0.05) is 5.69 Å². The summed E-state index contributed by atoms with van der Waals surface area (Å²) < 4.78 is 37.6. The number of alkyl halides is 3. The molecule has 0 saturated carbocycles. The van der Waals surface area contributed by atoms with Crippen molar-refractivity contribution < 1.29 is 13.2 Å². The van der Waals surface area contributed by atoms with Gasteiger partial charge in [-0.3, -0.25) is 0 Å². The number of nitrogens with zero attached hydrogens (tertiary/aromatic N) is 4. The lowest BCUT2D eigenvalue weighted by molar-refractivity contribution is -0.144. The van der Waals surface area contributed by atoms with Crippen molar-refractivity contribution in [2.24, 2.45) is 0 Å². The van der Waals surface area contributed by atoms with Crippen LogP contribution >= 0.6 is 0 Å². The third-order valence-electron chi connectivity index (χ3n) is 1.93. The van der Waals surface area contributed by atoms with Gasteiger partial charge in [-0.15, -0.1) is 5.10 Å². The summed E-state index contributed by atoms with van der Waals surface area (Å²) >= 11 is 0. The van der Waals surface area contributed by atoms with Crippen molar-refractivity contribution >= 4 is 5.78 Å². The molecule has 0 atom stereocenters. The zero-order valence-corrected chi connectivity index (χ0v) is 7.92. The molecule has 0 fully saturated rings. The van der Waals surface area contributed by atoms with E-state index in [-0.39, 0.29) is 5.78 Å². The van der Waals surface area contributed by atoms with E-state index in [1.165, 1.54) is 0 Å². The van der Waals surface area contributed by atoms with Gasteiger partial charge >= 0.3 is 6.18 Å². The number of aromatic nitrogens is 4. The van der Waals surface area contributed by atoms with Crippen LogP contribution in [0.25, 0.3) is 5.78 Å². The van der Waals surface area contributed by atoms with Crippen molar-refractivity contribution in [2.75, 3.05) is 0 Å². The van der Waals surface area contributed by atoms with Gasteiger partial charge in [0.25, 0.3) is 11.6 Å². The Kier molecular flexibility index (Phi) is 1.92. The molecule has 2 aromatic rings. The van der Waals surface area contributed by atoms with Gasteiger partial charge in [0.05, 0.1) is 6.20 Å². The predicted molar refractivity (Wildman–Crippen MR) is 44.1 cm³/mol. The van der Waals surface area contributed by atoms with Gasteiger partial charge in [-0.05, 0) is 19.4 Å². The molecule has 0 amide bonds. The normalized spacial score (nSPS) is 12.3. The number of halogens is 3. The second-order valence-corrected chi connectivity index (χ2v) is 3.08. The number of rotatable bonds is 0. The highest BCUT2D eigenvalue weighted by molar-refractivity contribution is 5.30. The molecule has 2 heterocycles. The zero-order chi connectivity index (χ0) is 11.2. The molecule has 7 heteroatoms. The summed E-state index contributed by atoms with van der Waals surface area (Å²) in [6.07, 6.45) is -1.92. The van der Waals surface area contributed by atoms with Crippen molar-refractivity contribution in [3.8, 4) is 0 Å². The summed E-state index contributed by atoms with van der Waals surface area (Å²) in [4.78, 5) is 7.14. The van der Waals surface area contributed by atoms with Crippen LogP contribution in [0.4, 0.5) is 13.2 Å². The fraction of sp³-hybridized carbons (Fsp3) is 0.375. The second kappa shape index (κ2) is 2.91. The van der Waals surface area contributed by atoms with Crippen molar-refractivity contribution in [2.45, 2.75) is 20.0 Å². The van der Waals surface area contributed by atoms with Crippen molar-refractivity contribution in [3.63, 3.8) is 0 Å². The van der Waals surface area contributed by atoms with Crippen LogP contribution in [0, 0.1) is 20.0 Å². The Balaban J connectivity index is 2.66. The van der Waals surface area contributed by atoms with Crippen LogP contribution in [0.2, 0.25) is 0 Å². The molecule has 0 aliphatic heterocycles. The molecule has 0 bridgehead atoms. The largest absolute Gasteiger partial charge is 0.453 e. The lowest BCUT2D eigenvalue weighted by Gasteiger charge is -1.96. The summed E-state index contributed by atoms with van der Waals surface area (Å²) in [7, 11) is 0. The molecule has 15 heavy (non-hydrogen) atoms. The van der Waals surface area contributed by atoms with Crippen molar-refractivity contribution in [1.29, 1.82) is 0 Å². The summed E-state index contributed by atoms with van der Waals surface area (Å²) in [5, 5.41) is 3.25. The van der Waals surface area contributed by atoms with Gasteiger partial charge in [0.1, 0.15) is 0 Å². The Morgan fingerprint density at radius 2 is 1.87 bits per heavy atom. The van der Waals surface area contributed by atoms with Crippen LogP contribution in [-0.4, -0.2) is 19.6 Å². The third kappa shape index (κ3) is 1.64. The van der Waals surface area contributed by atoms with Gasteiger partial charge in [-0.25, -0.2) is 4.98 Å². The number of aryl methyl sites for hydroxylation is 2. The molecule has 0 unspecified atom stereocenters. The topological polar surface area (TPSA) is 43.1 Å². The number of fused-ring (bicyclic) bond motifs is 1. The van der Waals surface area contributed by atoms with E-state index in [1.54, 1.807) is 13.8 Å². The summed E-state index contributed by atoms with van der Waals surface area (Å²) in [5.74, 6) is -1.29. The average molecular weight is 215 g/mol. The van der Waals surface area contributed by atoms with E-state index in [2.05, 4.69) is 21.3 Å². The maximum absolute atomic E-state index is 12.2. The van der Waals surface area contributed by atoms with Gasteiger partial charge in [0.2, 0.25) is 0 Å². The average Bonchev–Trinajstić information content (AvgIpc) is 2.47. The maximum atomic E-state index is 12.2. The highest BCUT2D eigenvalue weighted by atomic mass is 19.4. The lowest BCUT2D eigenvalue weighted by atomic mass is 10.3. The van der Waals surface area contributed by atoms with E-state index < -0.39 is 12.0 Å². The molecule has 0 N–H and O–H groups in total. The fourth-order valence-electron chi connectivity index (χ4n) is 1.04. The Labute approximate surface area is 82.8 Å². The van der Waals surface area contributed by atoms with Gasteiger partial charge in [-0.2, -0.15) is 22.7 Å². The van der Waals surface area contributed by atoms with Crippen molar-refractivity contribution in [3.05, 3.63) is 23.3 Å². The van der Waals surface area contributed by atoms with Crippen LogP contribution < -0.4 is 0 Å². The summed E-state index contributed by atoms with van der Waals surface area (Å²) in [6.45, 7) is 3.37. The highest BCUT2D eigenvalue weighted by Crippen LogP contribution is 2.26. The van der Waals surface area contributed by atoms with Crippen molar-refractivity contribution in [1.82, 2.24) is 19.6 Å². The molecule has 0 spiro atoms. The van der Waals surface area contributed by atoms with E-state index in [1.807, 2.05) is 0 Å². The Bertz CT molecular complexity index is 475. The quantitative estimate of drug-likeness (QED) is 0.669. The van der Waals surface area contributed by atoms with E-state index in [4.69, 9.17) is 0 Å². The minimum Gasteiger partial charge on any atom is -0.216 e. The first-order chi connectivity index (χ1) is 6.88. The zero-order valence-electron chi connectivity index (χ0n) is 7.92. The second-order valence-electron chi connectivity index (χ2n) is 3.08. The van der Waals surface area contributed by atoms with Gasteiger partial charge in [-0.1, -0.05) is 0 Å². The molecule has 2 aromatic heterocycles. The third-order valence-corrected chi connectivity index (χ3v) is 1.93. The van der Waals surface area contributed by atoms with E-state index in [9.17, 15) is 13.2 Å². The molecule has 79 valence electrons. The monoisotopic (exact) mass is 215 g/mol. The number of hydrogen-bond donors (Lipinski definition) is 0. The first kappa shape index (κ1) is 9.88. The molecule has 0 aliphatic rings. The first-order valence-corrected chi connectivity index (χ1v) is 4.08. The summed E-state index contributed by atoms with van der Waals surface area (Å²) in [6, 6.07) is 0. The van der Waals surface area contributed by atoms with Crippen LogP contribution in [0.3, 0.4) is 0 Å². The lowest BCUT2D eigenvalue weighted by Crippen LogP contribution is -2.07. The van der Waals surface area contributed by atoms with Gasteiger partial charge in [0.15, 0.2) is 0 Å². The molecular weight excluding hydrogens is 209 g/mol. The molecule has 2 rings (SSSR count). The molecule has 4 nitrogen and oxygen atoms in total. The number of hydrogen-bond acceptors (Lipinski definition) is 3. The van der Waals surface area contributed by atoms with E-state index >= 15 is 0 Å². The molecule has 0 aliphatic carbocycles. The Morgan fingerprint density at radius 1 is 1.20 bits per heavy atom. The smallest absolute Gasteiger partial charge is 0.216 e. The van der Waals surface area contributed by atoms with Crippen LogP contribution in [0.1, 0.15) is 17.1 Å². The minimum absolute atomic E-state index is 0.0922. The highest BCUT2D eigenvalue weighted by Gasteiger charge is 2.36. The van der Waals surface area contributed by atoms with Crippen LogP contribution in [0.15, 0.2) is 0 Å². The fourth-order valence-corrected chi connectivity index (χ4v) is 1.04. The van der Waals surface area contributed by atoms with E-state index in [0.717, 1.165) is 4.52 Å². The molecule has 0 saturated heterocycles. The molecule has 1 radical (unpaired) electrons. The summed E-state index contributed by atoms with van der Waals surface area (Å²) in [5.41, 5.74) is 1.23. The van der Waals surface area contributed by atoms with Crippen LogP contribution in [0.5, 0.6) is 0 Å². The van der Waals surface area contributed by atoms with Crippen LogP contribution in [-0.2, 0) is 6.18 Å². The Morgan fingerprint density at radius 3 is 2.47 bits per heavy atom. The van der Waals surface area contributed by atoms with E-state index in [0.29, 0.717) is 11.3 Å². The minimum atomic E-state index is -4.55. The standard InChI is InChI=1S/C8H6F3N4/c1-4-3-15-7(12-5(4)2)13-6(14-15)8(9,10)11/h1-2H3. The molecule has 0 aromatic carbocycles.